The molecule has 9 nitrogen and oxygen atoms in total. The number of ether oxygens (including phenoxy) is 2. The van der Waals surface area contributed by atoms with E-state index < -0.39 is 45.3 Å². The van der Waals surface area contributed by atoms with E-state index in [0.29, 0.717) is 12.8 Å². The van der Waals surface area contributed by atoms with Gasteiger partial charge in [0.25, 0.3) is 0 Å². The quantitative estimate of drug-likeness (QED) is 0.710. The molecule has 0 amide bonds. The van der Waals surface area contributed by atoms with E-state index in [2.05, 4.69) is 0 Å². The molecule has 3 aliphatic rings. The van der Waals surface area contributed by atoms with Gasteiger partial charge in [-0.15, -0.1) is 0 Å². The van der Waals surface area contributed by atoms with Crippen LogP contribution in [0.1, 0.15) is 26.7 Å². The Morgan fingerprint density at radius 3 is 2.76 bits per heavy atom. The summed E-state index contributed by atoms with van der Waals surface area (Å²) in [6.45, 7) is 3.11. The summed E-state index contributed by atoms with van der Waals surface area (Å²) in [5.41, 5.74) is -1.03. The first kappa shape index (κ1) is 15.7. The third-order valence-corrected chi connectivity index (χ3v) is 4.98. The molecular formula is C10H17NO8S2. The second-order valence-corrected chi connectivity index (χ2v) is 7.81. The number of rotatable bonds is 3. The van der Waals surface area contributed by atoms with Gasteiger partial charge in [-0.1, -0.05) is 0 Å². The molecule has 0 spiro atoms. The van der Waals surface area contributed by atoms with Crippen molar-refractivity contribution in [1.82, 2.24) is 0 Å². The number of hydrogen-bond acceptors (Lipinski definition) is 8. The van der Waals surface area contributed by atoms with E-state index >= 15 is 0 Å². The van der Waals surface area contributed by atoms with Gasteiger partial charge in [0.2, 0.25) is 0 Å². The highest BCUT2D eigenvalue weighted by Crippen LogP contribution is 2.48. The Labute approximate surface area is 125 Å². The van der Waals surface area contributed by atoms with Gasteiger partial charge in [0.05, 0.1) is 6.61 Å². The zero-order chi connectivity index (χ0) is 15.5. The van der Waals surface area contributed by atoms with E-state index in [-0.39, 0.29) is 12.7 Å². The van der Waals surface area contributed by atoms with Crippen LogP contribution in [0.15, 0.2) is 0 Å². The maximum Gasteiger partial charge on any atom is 0.333 e. The van der Waals surface area contributed by atoms with Gasteiger partial charge in [-0.3, -0.25) is 12.5 Å². The Kier molecular flexibility index (Phi) is 3.69. The van der Waals surface area contributed by atoms with Gasteiger partial charge in [-0.05, 0) is 26.7 Å². The molecule has 2 aliphatic heterocycles. The van der Waals surface area contributed by atoms with E-state index in [9.17, 15) is 12.6 Å². The lowest BCUT2D eigenvalue weighted by molar-refractivity contribution is -0.169. The normalized spacial score (nSPS) is 45.3. The van der Waals surface area contributed by atoms with Crippen molar-refractivity contribution in [1.29, 1.82) is 0 Å². The molecule has 0 aromatic rings. The molecule has 3 rings (SSSR count). The summed E-state index contributed by atoms with van der Waals surface area (Å²) in [6, 6.07) is 0. The second-order valence-electron chi connectivity index (χ2n) is 5.80. The van der Waals surface area contributed by atoms with Gasteiger partial charge < -0.3 is 9.47 Å². The van der Waals surface area contributed by atoms with Crippen LogP contribution < -0.4 is 5.14 Å². The van der Waals surface area contributed by atoms with Crippen molar-refractivity contribution in [2.24, 2.45) is 5.14 Å². The molecule has 0 aromatic heterocycles. The molecule has 2 saturated heterocycles. The van der Waals surface area contributed by atoms with E-state index in [1.165, 1.54) is 0 Å². The minimum atomic E-state index is -4.11. The van der Waals surface area contributed by atoms with E-state index in [4.69, 9.17) is 27.2 Å². The topological polar surface area (TPSA) is 123 Å². The van der Waals surface area contributed by atoms with Gasteiger partial charge in [0.15, 0.2) is 5.79 Å². The highest BCUT2D eigenvalue weighted by Gasteiger charge is 2.63. The summed E-state index contributed by atoms with van der Waals surface area (Å²) in [7, 11) is -4.11. The maximum atomic E-state index is 11.4. The minimum absolute atomic E-state index is 0.293. The lowest BCUT2D eigenvalue weighted by atomic mass is 9.79. The van der Waals surface area contributed by atoms with Crippen molar-refractivity contribution < 1.29 is 34.6 Å². The summed E-state index contributed by atoms with van der Waals surface area (Å²) < 4.78 is 60.3. The molecule has 1 saturated carbocycles. The Bertz CT molecular complexity index is 563. The van der Waals surface area contributed by atoms with Gasteiger partial charge in [-0.25, -0.2) is 5.14 Å². The van der Waals surface area contributed by atoms with Crippen LogP contribution in [0.5, 0.6) is 0 Å². The van der Waals surface area contributed by atoms with Crippen LogP contribution in [0.3, 0.4) is 0 Å². The fraction of sp³-hybridized carbons (Fsp3) is 1.00. The maximum absolute atomic E-state index is 11.4. The summed E-state index contributed by atoms with van der Waals surface area (Å²) in [5, 5.41) is 4.88. The van der Waals surface area contributed by atoms with E-state index in [0.717, 1.165) is 0 Å². The van der Waals surface area contributed by atoms with Crippen LogP contribution in [0.25, 0.3) is 0 Å². The highest BCUT2D eigenvalue weighted by atomic mass is 32.2. The zero-order valence-electron chi connectivity index (χ0n) is 11.5. The van der Waals surface area contributed by atoms with Crippen LogP contribution in [0.2, 0.25) is 0 Å². The van der Waals surface area contributed by atoms with Gasteiger partial charge in [-0.2, -0.15) is 12.6 Å². The fourth-order valence-electron chi connectivity index (χ4n) is 3.09. The number of nitrogens with two attached hydrogens (primary N) is 1. The second kappa shape index (κ2) is 4.93. The molecule has 21 heavy (non-hydrogen) atoms. The molecule has 1 aliphatic carbocycles. The highest BCUT2D eigenvalue weighted by molar-refractivity contribution is 7.84. The Hall–Kier alpha value is -0.140. The molecule has 0 radical (unpaired) electrons. The molecule has 0 bridgehead atoms. The molecular weight excluding hydrogens is 326 g/mol. The Morgan fingerprint density at radius 2 is 2.10 bits per heavy atom. The van der Waals surface area contributed by atoms with Crippen molar-refractivity contribution >= 4 is 21.7 Å². The summed E-state index contributed by atoms with van der Waals surface area (Å²) in [4.78, 5) is 0. The third kappa shape index (κ3) is 3.01. The van der Waals surface area contributed by atoms with Gasteiger partial charge in [0.1, 0.15) is 23.9 Å². The molecule has 1 unspecified atom stereocenters. The van der Waals surface area contributed by atoms with Crippen LogP contribution in [0.4, 0.5) is 0 Å². The van der Waals surface area contributed by atoms with Crippen LogP contribution in [-0.2, 0) is 43.7 Å². The summed E-state index contributed by atoms with van der Waals surface area (Å²) >= 11 is -1.84. The number of fused-ring (bicyclic) bond motifs is 3. The first-order chi connectivity index (χ1) is 9.60. The predicted octanol–water partition coefficient (Wildman–Crippen LogP) is -0.747. The SMILES string of the molecule is CC1(C)O[C@H]2[C@@H]3OS(=O)O[C@@H]3CC[C@@]2(COS(N)(=O)=O)O1. The lowest BCUT2D eigenvalue weighted by Crippen LogP contribution is -2.57. The van der Waals surface area contributed by atoms with Crippen LogP contribution in [-0.4, -0.2) is 48.9 Å². The van der Waals surface area contributed by atoms with E-state index in [1.54, 1.807) is 13.8 Å². The average Bonchev–Trinajstić information content (AvgIpc) is 2.82. The zero-order valence-corrected chi connectivity index (χ0v) is 13.1. The predicted molar refractivity (Wildman–Crippen MR) is 68.9 cm³/mol. The van der Waals surface area contributed by atoms with Crippen molar-refractivity contribution in [3.05, 3.63) is 0 Å². The van der Waals surface area contributed by atoms with Crippen molar-refractivity contribution in [2.75, 3.05) is 6.61 Å². The van der Waals surface area contributed by atoms with Gasteiger partial charge >= 0.3 is 21.7 Å². The largest absolute Gasteiger partial charge is 0.341 e. The smallest absolute Gasteiger partial charge is 0.333 e. The molecule has 0 aromatic carbocycles. The first-order valence-corrected chi connectivity index (χ1v) is 8.89. The van der Waals surface area contributed by atoms with Crippen LogP contribution in [0, 0.1) is 0 Å². The number of hydrogen-bond donors (Lipinski definition) is 1. The van der Waals surface area contributed by atoms with Crippen molar-refractivity contribution in [3.63, 3.8) is 0 Å². The van der Waals surface area contributed by atoms with Crippen molar-refractivity contribution in [3.8, 4) is 0 Å². The standard InChI is InChI=1S/C10H17NO8S2/c1-9(2)16-8-7-6(17-20(12)18-7)3-4-10(8,19-9)5-15-21(11,13)14/h6-8H,3-5H2,1-2H3,(H2,11,13,14)/t6-,7-,8+,10+,20?/m1/s1. The fourth-order valence-corrected chi connectivity index (χ4v) is 4.31. The summed E-state index contributed by atoms with van der Waals surface area (Å²) in [6.07, 6.45) is -0.737. The average molecular weight is 343 g/mol. The third-order valence-electron chi connectivity index (χ3n) is 3.75. The monoisotopic (exact) mass is 343 g/mol. The minimum Gasteiger partial charge on any atom is -0.341 e. The van der Waals surface area contributed by atoms with E-state index in [1.807, 2.05) is 0 Å². The Morgan fingerprint density at radius 1 is 1.38 bits per heavy atom. The van der Waals surface area contributed by atoms with Crippen LogP contribution >= 0.6 is 0 Å². The Balaban J connectivity index is 1.87. The lowest BCUT2D eigenvalue weighted by Gasteiger charge is -2.39. The van der Waals surface area contributed by atoms with Gasteiger partial charge in [0, 0.05) is 0 Å². The first-order valence-electron chi connectivity index (χ1n) is 6.41. The molecule has 2 N–H and O–H groups in total. The molecule has 2 heterocycles. The van der Waals surface area contributed by atoms with Crippen molar-refractivity contribution in [2.45, 2.75) is 56.4 Å². The molecule has 5 atom stereocenters. The molecule has 3 fully saturated rings. The molecule has 122 valence electrons. The molecule has 11 heteroatoms. The summed E-state index contributed by atoms with van der Waals surface area (Å²) in [5.74, 6) is -0.950.